The first-order valence-electron chi connectivity index (χ1n) is 6.86. The van der Waals surface area contributed by atoms with Crippen molar-refractivity contribution < 1.29 is 9.90 Å². The molecule has 1 aliphatic rings. The first kappa shape index (κ1) is 14.5. The summed E-state index contributed by atoms with van der Waals surface area (Å²) in [7, 11) is 0. The van der Waals surface area contributed by atoms with Crippen LogP contribution >= 0.6 is 15.9 Å². The van der Waals surface area contributed by atoms with Crippen LogP contribution in [0.15, 0.2) is 28.7 Å². The Bertz CT molecular complexity index is 411. The van der Waals surface area contributed by atoms with E-state index in [2.05, 4.69) is 21.2 Å². The average molecular weight is 326 g/mol. The number of aliphatic hydroxyl groups excluding tert-OH is 1. The topological polar surface area (TPSA) is 49.3 Å². The lowest BCUT2D eigenvalue weighted by Crippen LogP contribution is -2.37. The molecule has 1 fully saturated rings. The van der Waals surface area contributed by atoms with Crippen LogP contribution in [0.2, 0.25) is 0 Å². The Morgan fingerprint density at radius 2 is 1.84 bits per heavy atom. The molecule has 0 bridgehead atoms. The van der Waals surface area contributed by atoms with E-state index < -0.39 is 0 Å². The molecule has 4 heteroatoms. The lowest BCUT2D eigenvalue weighted by Gasteiger charge is -2.28. The van der Waals surface area contributed by atoms with Crippen LogP contribution in [0.3, 0.4) is 0 Å². The lowest BCUT2D eigenvalue weighted by molar-refractivity contribution is 0.0918. The van der Waals surface area contributed by atoms with Gasteiger partial charge >= 0.3 is 0 Å². The summed E-state index contributed by atoms with van der Waals surface area (Å²) in [5.74, 6) is 0.643. The van der Waals surface area contributed by atoms with Crippen molar-refractivity contribution in [3.8, 4) is 0 Å². The number of carbonyl (C=O) groups is 1. The zero-order valence-electron chi connectivity index (χ0n) is 10.9. The monoisotopic (exact) mass is 325 g/mol. The quantitative estimate of drug-likeness (QED) is 0.893. The third-order valence-electron chi connectivity index (χ3n) is 3.83. The third-order valence-corrected chi connectivity index (χ3v) is 4.35. The largest absolute Gasteiger partial charge is 0.396 e. The van der Waals surface area contributed by atoms with Gasteiger partial charge in [0.2, 0.25) is 0 Å². The van der Waals surface area contributed by atoms with E-state index in [4.69, 9.17) is 5.11 Å². The second-order valence-electron chi connectivity index (χ2n) is 5.21. The minimum atomic E-state index is 0.0121. The van der Waals surface area contributed by atoms with Gasteiger partial charge < -0.3 is 10.4 Å². The van der Waals surface area contributed by atoms with Gasteiger partial charge in [0, 0.05) is 22.7 Å². The lowest BCUT2D eigenvalue weighted by atomic mass is 9.84. The fourth-order valence-corrected chi connectivity index (χ4v) is 2.91. The Hall–Kier alpha value is -0.870. The molecule has 0 spiro atoms. The summed E-state index contributed by atoms with van der Waals surface area (Å²) in [5.41, 5.74) is 0.709. The molecule has 104 valence electrons. The highest BCUT2D eigenvalue weighted by Crippen LogP contribution is 2.26. The summed E-state index contributed by atoms with van der Waals surface area (Å²) in [6.45, 7) is 0.278. The van der Waals surface area contributed by atoms with Gasteiger partial charge in [0.05, 0.1) is 0 Å². The maximum Gasteiger partial charge on any atom is 0.251 e. The van der Waals surface area contributed by atoms with Crippen molar-refractivity contribution >= 4 is 21.8 Å². The Morgan fingerprint density at radius 3 is 2.42 bits per heavy atom. The molecule has 0 heterocycles. The van der Waals surface area contributed by atoms with Gasteiger partial charge in [-0.05, 0) is 62.3 Å². The Labute approximate surface area is 122 Å². The zero-order valence-corrected chi connectivity index (χ0v) is 12.5. The van der Waals surface area contributed by atoms with Gasteiger partial charge in [-0.1, -0.05) is 15.9 Å². The molecule has 0 aromatic heterocycles. The molecule has 2 rings (SSSR count). The van der Waals surface area contributed by atoms with Gasteiger partial charge in [0.1, 0.15) is 0 Å². The standard InChI is InChI=1S/C15H20BrNO2/c16-13-5-3-12(4-6-13)15(19)17-14-7-1-11(2-8-14)9-10-18/h3-6,11,14,18H,1-2,7-10H2,(H,17,19). The molecule has 1 aromatic rings. The number of amides is 1. The van der Waals surface area contributed by atoms with Crippen LogP contribution in [-0.4, -0.2) is 23.7 Å². The minimum absolute atomic E-state index is 0.0121. The van der Waals surface area contributed by atoms with E-state index in [-0.39, 0.29) is 18.6 Å². The Kier molecular flexibility index (Phi) is 5.40. The molecule has 0 aliphatic heterocycles. The van der Waals surface area contributed by atoms with Crippen molar-refractivity contribution in [1.29, 1.82) is 0 Å². The van der Waals surface area contributed by atoms with E-state index in [1.165, 1.54) is 0 Å². The molecule has 0 saturated heterocycles. The molecule has 2 N–H and O–H groups in total. The van der Waals surface area contributed by atoms with Gasteiger partial charge in [-0.3, -0.25) is 4.79 Å². The van der Waals surface area contributed by atoms with E-state index in [1.807, 2.05) is 24.3 Å². The van der Waals surface area contributed by atoms with E-state index in [0.29, 0.717) is 11.5 Å². The van der Waals surface area contributed by atoms with Gasteiger partial charge in [0.25, 0.3) is 5.91 Å². The number of rotatable bonds is 4. The van der Waals surface area contributed by atoms with Crippen molar-refractivity contribution in [1.82, 2.24) is 5.32 Å². The van der Waals surface area contributed by atoms with Crippen LogP contribution in [0.1, 0.15) is 42.5 Å². The molecule has 0 atom stereocenters. The number of hydrogen-bond acceptors (Lipinski definition) is 2. The van der Waals surface area contributed by atoms with E-state index in [9.17, 15) is 4.79 Å². The number of aliphatic hydroxyl groups is 1. The normalized spacial score (nSPS) is 23.1. The first-order chi connectivity index (χ1) is 9.19. The van der Waals surface area contributed by atoms with Crippen LogP contribution in [0.25, 0.3) is 0 Å². The summed E-state index contributed by atoms with van der Waals surface area (Å²) in [4.78, 5) is 12.1. The van der Waals surface area contributed by atoms with Crippen LogP contribution in [-0.2, 0) is 0 Å². The first-order valence-corrected chi connectivity index (χ1v) is 7.65. The molecule has 0 radical (unpaired) electrons. The number of nitrogens with one attached hydrogen (secondary N) is 1. The molecule has 19 heavy (non-hydrogen) atoms. The van der Waals surface area contributed by atoms with E-state index in [0.717, 1.165) is 36.6 Å². The summed E-state index contributed by atoms with van der Waals surface area (Å²) in [6.07, 6.45) is 5.14. The second kappa shape index (κ2) is 7.06. The molecular formula is C15H20BrNO2. The molecule has 3 nitrogen and oxygen atoms in total. The molecular weight excluding hydrogens is 306 g/mol. The zero-order chi connectivity index (χ0) is 13.7. The van der Waals surface area contributed by atoms with Crippen LogP contribution < -0.4 is 5.32 Å². The third kappa shape index (κ3) is 4.32. The van der Waals surface area contributed by atoms with Gasteiger partial charge in [-0.2, -0.15) is 0 Å². The predicted molar refractivity (Wildman–Crippen MR) is 79.1 cm³/mol. The van der Waals surface area contributed by atoms with E-state index >= 15 is 0 Å². The smallest absolute Gasteiger partial charge is 0.251 e. The fourth-order valence-electron chi connectivity index (χ4n) is 2.65. The molecule has 1 aromatic carbocycles. The van der Waals surface area contributed by atoms with Gasteiger partial charge in [-0.25, -0.2) is 0 Å². The van der Waals surface area contributed by atoms with Crippen molar-refractivity contribution in [3.63, 3.8) is 0 Å². The SMILES string of the molecule is O=C(NC1CCC(CCO)CC1)c1ccc(Br)cc1. The Morgan fingerprint density at radius 1 is 1.21 bits per heavy atom. The fraction of sp³-hybridized carbons (Fsp3) is 0.533. The van der Waals surface area contributed by atoms with Crippen LogP contribution in [0, 0.1) is 5.92 Å². The number of benzene rings is 1. The molecule has 0 unspecified atom stereocenters. The van der Waals surface area contributed by atoms with Crippen molar-refractivity contribution in [2.75, 3.05) is 6.61 Å². The average Bonchev–Trinajstić information content (AvgIpc) is 2.42. The molecule has 1 saturated carbocycles. The van der Waals surface area contributed by atoms with Crippen LogP contribution in [0.5, 0.6) is 0 Å². The molecule has 1 aliphatic carbocycles. The summed E-state index contributed by atoms with van der Waals surface area (Å²) >= 11 is 3.36. The highest BCUT2D eigenvalue weighted by molar-refractivity contribution is 9.10. The van der Waals surface area contributed by atoms with E-state index in [1.54, 1.807) is 0 Å². The second-order valence-corrected chi connectivity index (χ2v) is 6.13. The summed E-state index contributed by atoms with van der Waals surface area (Å²) in [6, 6.07) is 7.71. The number of halogens is 1. The summed E-state index contributed by atoms with van der Waals surface area (Å²) < 4.78 is 0.980. The summed E-state index contributed by atoms with van der Waals surface area (Å²) in [5, 5.41) is 12.0. The highest BCUT2D eigenvalue weighted by atomic mass is 79.9. The molecule has 1 amide bonds. The highest BCUT2D eigenvalue weighted by Gasteiger charge is 2.22. The minimum Gasteiger partial charge on any atom is -0.396 e. The number of carbonyl (C=O) groups excluding carboxylic acids is 1. The maximum atomic E-state index is 12.1. The van der Waals surface area contributed by atoms with Crippen LogP contribution in [0.4, 0.5) is 0 Å². The Balaban J connectivity index is 1.82. The van der Waals surface area contributed by atoms with Crippen molar-refractivity contribution in [2.45, 2.75) is 38.1 Å². The maximum absolute atomic E-state index is 12.1. The van der Waals surface area contributed by atoms with Crippen molar-refractivity contribution in [2.24, 2.45) is 5.92 Å². The van der Waals surface area contributed by atoms with Gasteiger partial charge in [0.15, 0.2) is 0 Å². The van der Waals surface area contributed by atoms with Gasteiger partial charge in [-0.15, -0.1) is 0 Å². The van der Waals surface area contributed by atoms with Crippen molar-refractivity contribution in [3.05, 3.63) is 34.3 Å². The predicted octanol–water partition coefficient (Wildman–Crippen LogP) is 3.12. The number of hydrogen-bond donors (Lipinski definition) is 2.